The quantitative estimate of drug-likeness (QED) is 0.850. The van der Waals surface area contributed by atoms with Crippen LogP contribution >= 0.6 is 11.6 Å². The molecule has 0 saturated heterocycles. The smallest absolute Gasteiger partial charge is 0.361 e. The topological polar surface area (TPSA) is 88.1 Å². The number of aromatic amines is 1. The molecule has 7 heteroatoms. The number of halogens is 1. The highest BCUT2D eigenvalue weighted by Crippen LogP contribution is 2.38. The van der Waals surface area contributed by atoms with Crippen molar-refractivity contribution in [2.45, 2.75) is 20.8 Å². The highest BCUT2D eigenvalue weighted by atomic mass is 35.5. The van der Waals surface area contributed by atoms with Crippen molar-refractivity contribution in [3.63, 3.8) is 0 Å². The third-order valence-corrected chi connectivity index (χ3v) is 3.49. The van der Waals surface area contributed by atoms with Crippen LogP contribution in [0.4, 0.5) is 0 Å². The van der Waals surface area contributed by atoms with E-state index >= 15 is 0 Å². The number of nitrogens with one attached hydrogen (secondary N) is 1. The molecule has 6 nitrogen and oxygen atoms in total. The molecule has 0 bridgehead atoms. The van der Waals surface area contributed by atoms with Gasteiger partial charge in [0.25, 0.3) is 0 Å². The zero-order chi connectivity index (χ0) is 14.9. The average molecular weight is 296 g/mol. The summed E-state index contributed by atoms with van der Waals surface area (Å²) in [6.07, 6.45) is 0. The van der Waals surface area contributed by atoms with E-state index in [1.54, 1.807) is 20.8 Å². The second-order valence-electron chi connectivity index (χ2n) is 4.27. The van der Waals surface area contributed by atoms with E-state index < -0.39 is 5.97 Å². The fraction of sp³-hybridized carbons (Fsp3) is 0.308. The highest BCUT2D eigenvalue weighted by Gasteiger charge is 2.24. The fourth-order valence-electron chi connectivity index (χ4n) is 1.98. The van der Waals surface area contributed by atoms with Gasteiger partial charge in [-0.25, -0.2) is 4.79 Å². The monoisotopic (exact) mass is 295 g/mol. The summed E-state index contributed by atoms with van der Waals surface area (Å²) in [6, 6.07) is 1.52. The largest absolute Gasteiger partial charge is 0.507 e. The molecule has 1 aromatic carbocycles. The molecule has 2 aromatic rings. The van der Waals surface area contributed by atoms with Gasteiger partial charge in [0.1, 0.15) is 11.4 Å². The van der Waals surface area contributed by atoms with Gasteiger partial charge >= 0.3 is 5.97 Å². The Labute approximate surface area is 120 Å². The summed E-state index contributed by atoms with van der Waals surface area (Å²) in [5.74, 6) is -0.615. The van der Waals surface area contributed by atoms with Crippen molar-refractivity contribution in [2.75, 3.05) is 6.61 Å². The van der Waals surface area contributed by atoms with Crippen molar-refractivity contribution in [1.82, 2.24) is 15.4 Å². The maximum absolute atomic E-state index is 11.8. The SMILES string of the molecule is CCOC(=O)c1n[nH]nc1-c1c(O)cc(C)c(Cl)c1C. The molecule has 1 aromatic heterocycles. The number of hydrogen-bond acceptors (Lipinski definition) is 5. The number of phenolic OH excluding ortho intramolecular Hbond substituents is 1. The zero-order valence-corrected chi connectivity index (χ0v) is 12.1. The van der Waals surface area contributed by atoms with Crippen LogP contribution in [0.1, 0.15) is 28.5 Å². The Morgan fingerprint density at radius 1 is 1.45 bits per heavy atom. The molecule has 2 rings (SSSR count). The molecule has 0 radical (unpaired) electrons. The van der Waals surface area contributed by atoms with E-state index in [-0.39, 0.29) is 23.7 Å². The van der Waals surface area contributed by atoms with Crippen LogP contribution < -0.4 is 0 Å². The Balaban J connectivity index is 2.62. The summed E-state index contributed by atoms with van der Waals surface area (Å²) in [7, 11) is 0. The lowest BCUT2D eigenvalue weighted by atomic mass is 10.00. The number of nitrogens with zero attached hydrogens (tertiary/aromatic N) is 2. The van der Waals surface area contributed by atoms with Gasteiger partial charge in [0, 0.05) is 5.02 Å². The van der Waals surface area contributed by atoms with E-state index in [1.165, 1.54) is 6.07 Å². The predicted molar refractivity (Wildman–Crippen MR) is 73.9 cm³/mol. The van der Waals surface area contributed by atoms with Crippen LogP contribution in [0.15, 0.2) is 6.07 Å². The van der Waals surface area contributed by atoms with Crippen molar-refractivity contribution in [3.05, 3.63) is 27.9 Å². The van der Waals surface area contributed by atoms with Crippen LogP contribution in [-0.2, 0) is 4.74 Å². The lowest BCUT2D eigenvalue weighted by Crippen LogP contribution is -2.07. The van der Waals surface area contributed by atoms with Crippen molar-refractivity contribution in [2.24, 2.45) is 0 Å². The first-order chi connectivity index (χ1) is 9.47. The number of aromatic nitrogens is 3. The molecule has 0 atom stereocenters. The van der Waals surface area contributed by atoms with Gasteiger partial charge in [-0.15, -0.1) is 5.10 Å². The van der Waals surface area contributed by atoms with E-state index in [2.05, 4.69) is 15.4 Å². The van der Waals surface area contributed by atoms with E-state index in [0.717, 1.165) is 5.56 Å². The van der Waals surface area contributed by atoms with Gasteiger partial charge in [-0.2, -0.15) is 10.3 Å². The Hall–Kier alpha value is -2.08. The Morgan fingerprint density at radius 3 is 2.80 bits per heavy atom. The number of esters is 1. The Bertz CT molecular complexity index is 667. The summed E-state index contributed by atoms with van der Waals surface area (Å²) in [6.45, 7) is 5.45. The maximum atomic E-state index is 11.8. The third-order valence-electron chi connectivity index (χ3n) is 2.91. The molecule has 0 unspecified atom stereocenters. The molecule has 106 valence electrons. The zero-order valence-electron chi connectivity index (χ0n) is 11.3. The van der Waals surface area contributed by atoms with Crippen LogP contribution in [0, 0.1) is 13.8 Å². The number of benzene rings is 1. The molecule has 1 heterocycles. The Morgan fingerprint density at radius 2 is 2.15 bits per heavy atom. The van der Waals surface area contributed by atoms with Gasteiger partial charge in [0.2, 0.25) is 0 Å². The van der Waals surface area contributed by atoms with Crippen LogP contribution in [-0.4, -0.2) is 33.1 Å². The molecular weight excluding hydrogens is 282 g/mol. The van der Waals surface area contributed by atoms with Gasteiger partial charge in [0.15, 0.2) is 5.69 Å². The van der Waals surface area contributed by atoms with Gasteiger partial charge in [0.05, 0.1) is 12.2 Å². The van der Waals surface area contributed by atoms with Gasteiger partial charge < -0.3 is 9.84 Å². The third kappa shape index (κ3) is 2.34. The van der Waals surface area contributed by atoms with Crippen molar-refractivity contribution in [1.29, 1.82) is 0 Å². The number of carbonyl (C=O) groups excluding carboxylic acids is 1. The molecule has 0 fully saturated rings. The molecule has 20 heavy (non-hydrogen) atoms. The van der Waals surface area contributed by atoms with Crippen molar-refractivity contribution >= 4 is 17.6 Å². The second kappa shape index (κ2) is 5.50. The summed E-state index contributed by atoms with van der Waals surface area (Å²) in [4.78, 5) is 11.8. The fourth-order valence-corrected chi connectivity index (χ4v) is 2.13. The van der Waals surface area contributed by atoms with E-state index in [0.29, 0.717) is 16.1 Å². The number of ether oxygens (including phenoxy) is 1. The second-order valence-corrected chi connectivity index (χ2v) is 4.65. The number of aromatic hydroxyl groups is 1. The summed E-state index contributed by atoms with van der Waals surface area (Å²) < 4.78 is 4.91. The molecule has 0 aliphatic heterocycles. The van der Waals surface area contributed by atoms with Gasteiger partial charge in [-0.1, -0.05) is 11.6 Å². The standard InChI is InChI=1S/C13H14ClN3O3/c1-4-20-13(19)12-11(15-17-16-12)9-7(3)10(14)6(2)5-8(9)18/h5,18H,4H2,1-3H3,(H,15,16,17). The molecular formula is C13H14ClN3O3. The average Bonchev–Trinajstić information content (AvgIpc) is 2.85. The van der Waals surface area contributed by atoms with Crippen molar-refractivity contribution < 1.29 is 14.6 Å². The number of carbonyl (C=O) groups is 1. The number of hydrogen-bond donors (Lipinski definition) is 2. The molecule has 2 N–H and O–H groups in total. The molecule has 0 spiro atoms. The molecule has 0 amide bonds. The molecule has 0 aliphatic rings. The summed E-state index contributed by atoms with van der Waals surface area (Å²) in [5, 5.41) is 20.7. The van der Waals surface area contributed by atoms with Crippen LogP contribution in [0.3, 0.4) is 0 Å². The Kier molecular flexibility index (Phi) is 3.94. The van der Waals surface area contributed by atoms with Crippen LogP contribution in [0.5, 0.6) is 5.75 Å². The molecule has 0 aliphatic carbocycles. The number of H-pyrrole nitrogens is 1. The number of rotatable bonds is 3. The first-order valence-electron chi connectivity index (χ1n) is 6.04. The van der Waals surface area contributed by atoms with Crippen LogP contribution in [0.2, 0.25) is 5.02 Å². The first kappa shape index (κ1) is 14.3. The van der Waals surface area contributed by atoms with Crippen LogP contribution in [0.25, 0.3) is 11.3 Å². The van der Waals surface area contributed by atoms with Crippen molar-refractivity contribution in [3.8, 4) is 17.0 Å². The van der Waals surface area contributed by atoms with Gasteiger partial charge in [-0.3, -0.25) is 0 Å². The van der Waals surface area contributed by atoms with E-state index in [9.17, 15) is 9.90 Å². The van der Waals surface area contributed by atoms with E-state index in [1.807, 2.05) is 0 Å². The number of aryl methyl sites for hydroxylation is 1. The highest BCUT2D eigenvalue weighted by molar-refractivity contribution is 6.32. The molecule has 0 saturated carbocycles. The maximum Gasteiger partial charge on any atom is 0.361 e. The lowest BCUT2D eigenvalue weighted by Gasteiger charge is -2.11. The summed E-state index contributed by atoms with van der Waals surface area (Å²) in [5.41, 5.74) is 1.98. The lowest BCUT2D eigenvalue weighted by molar-refractivity contribution is 0.0520. The predicted octanol–water partition coefficient (Wildman–Crippen LogP) is 2.62. The van der Waals surface area contributed by atoms with Gasteiger partial charge in [-0.05, 0) is 38.0 Å². The minimum Gasteiger partial charge on any atom is -0.507 e. The minimum atomic E-state index is -0.605. The minimum absolute atomic E-state index is 0.0103. The summed E-state index contributed by atoms with van der Waals surface area (Å²) >= 11 is 6.18. The first-order valence-corrected chi connectivity index (χ1v) is 6.42. The normalized spacial score (nSPS) is 10.6. The number of phenols is 1. The van der Waals surface area contributed by atoms with E-state index in [4.69, 9.17) is 16.3 Å².